The minimum absolute atomic E-state index is 0.155. The number of hydrogen-bond acceptors (Lipinski definition) is 4. The van der Waals surface area contributed by atoms with Crippen molar-refractivity contribution in [3.63, 3.8) is 0 Å². The van der Waals surface area contributed by atoms with Crippen molar-refractivity contribution in [1.29, 1.82) is 0 Å². The maximum Gasteiger partial charge on any atom is 0.182 e. The largest absolute Gasteiger partial charge is 0.375 e. The van der Waals surface area contributed by atoms with Gasteiger partial charge in [-0.05, 0) is 48.1 Å². The number of carbonyl (C=O) groups is 1. The molecular formula is C30H33NO3. The van der Waals surface area contributed by atoms with E-state index in [0.717, 1.165) is 25.0 Å². The van der Waals surface area contributed by atoms with E-state index in [9.17, 15) is 4.79 Å². The normalized spacial score (nSPS) is 31.4. The highest BCUT2D eigenvalue weighted by atomic mass is 16.5. The van der Waals surface area contributed by atoms with Crippen LogP contribution in [-0.4, -0.2) is 36.0 Å². The third kappa shape index (κ3) is 4.14. The molecule has 176 valence electrons. The topological polar surface area (TPSA) is 38.8 Å². The lowest BCUT2D eigenvalue weighted by atomic mass is 9.85. The van der Waals surface area contributed by atoms with Gasteiger partial charge in [-0.15, -0.1) is 0 Å². The highest BCUT2D eigenvalue weighted by Crippen LogP contribution is 2.54. The average Bonchev–Trinajstić information content (AvgIpc) is 3.64. The number of ketones is 1. The number of ether oxygens (including phenoxy) is 2. The van der Waals surface area contributed by atoms with E-state index in [0.29, 0.717) is 50.0 Å². The van der Waals surface area contributed by atoms with Crippen molar-refractivity contribution < 1.29 is 14.3 Å². The van der Waals surface area contributed by atoms with Crippen molar-refractivity contribution in [2.24, 2.45) is 23.7 Å². The van der Waals surface area contributed by atoms with Crippen LogP contribution in [0.25, 0.3) is 0 Å². The average molecular weight is 456 g/mol. The van der Waals surface area contributed by atoms with Gasteiger partial charge in [0.25, 0.3) is 0 Å². The molecule has 1 aliphatic heterocycles. The third-order valence-electron chi connectivity index (χ3n) is 8.17. The number of likely N-dealkylation sites (tertiary alicyclic amines) is 1. The summed E-state index contributed by atoms with van der Waals surface area (Å²) < 4.78 is 12.3. The number of Topliss-reactive ketones (excluding diaryl/α,β-unsaturated/α-hetero) is 1. The fourth-order valence-corrected chi connectivity index (χ4v) is 6.56. The molecule has 0 N–H and O–H groups in total. The minimum Gasteiger partial charge on any atom is -0.375 e. The van der Waals surface area contributed by atoms with Crippen LogP contribution >= 0.6 is 0 Å². The molecule has 0 aromatic heterocycles. The van der Waals surface area contributed by atoms with Crippen LogP contribution in [-0.2, 0) is 27.5 Å². The fraction of sp³-hybridized carbons (Fsp3) is 0.433. The SMILES string of the molecule is O=C1C(N2[C@@H](COCc3ccccc3)CC[C@@H]2COCc2ccccc2)=CC2C1[C@@H]1C=C[C@H]2C1. The summed E-state index contributed by atoms with van der Waals surface area (Å²) in [7, 11) is 0. The van der Waals surface area contributed by atoms with Crippen molar-refractivity contribution >= 4 is 5.78 Å². The van der Waals surface area contributed by atoms with E-state index >= 15 is 0 Å². The lowest BCUT2D eigenvalue weighted by Crippen LogP contribution is -2.42. The van der Waals surface area contributed by atoms with Gasteiger partial charge in [-0.2, -0.15) is 0 Å². The molecule has 2 aromatic rings. The van der Waals surface area contributed by atoms with Gasteiger partial charge in [-0.1, -0.05) is 78.9 Å². The second-order valence-corrected chi connectivity index (χ2v) is 10.3. The zero-order chi connectivity index (χ0) is 22.9. The Kier molecular flexibility index (Phi) is 6.11. The smallest absolute Gasteiger partial charge is 0.182 e. The Labute approximate surface area is 202 Å². The first-order valence-corrected chi connectivity index (χ1v) is 12.7. The summed E-state index contributed by atoms with van der Waals surface area (Å²) in [6.07, 6.45) is 10.1. The molecule has 0 radical (unpaired) electrons. The van der Waals surface area contributed by atoms with Crippen LogP contribution in [0.2, 0.25) is 0 Å². The molecule has 4 nitrogen and oxygen atoms in total. The Morgan fingerprint density at radius 2 is 1.32 bits per heavy atom. The molecule has 2 fully saturated rings. The molecule has 1 heterocycles. The number of nitrogens with zero attached hydrogens (tertiary/aromatic N) is 1. The van der Waals surface area contributed by atoms with Crippen molar-refractivity contribution in [3.8, 4) is 0 Å². The number of rotatable bonds is 9. The monoisotopic (exact) mass is 455 g/mol. The lowest BCUT2D eigenvalue weighted by molar-refractivity contribution is -0.121. The lowest BCUT2D eigenvalue weighted by Gasteiger charge is -2.33. The van der Waals surface area contributed by atoms with Gasteiger partial charge in [0.1, 0.15) is 0 Å². The molecule has 3 aliphatic carbocycles. The number of carbonyl (C=O) groups excluding carboxylic acids is 1. The molecule has 0 amide bonds. The first-order valence-electron chi connectivity index (χ1n) is 12.7. The summed E-state index contributed by atoms with van der Waals surface area (Å²) in [5, 5.41) is 0. The summed E-state index contributed by atoms with van der Waals surface area (Å²) in [5.74, 6) is 1.86. The summed E-state index contributed by atoms with van der Waals surface area (Å²) in [6.45, 7) is 2.48. The predicted molar refractivity (Wildman–Crippen MR) is 132 cm³/mol. The molecule has 0 spiro atoms. The molecule has 4 aliphatic rings. The molecule has 34 heavy (non-hydrogen) atoms. The van der Waals surface area contributed by atoms with E-state index < -0.39 is 0 Å². The van der Waals surface area contributed by atoms with Gasteiger partial charge < -0.3 is 14.4 Å². The van der Waals surface area contributed by atoms with Crippen molar-refractivity contribution in [3.05, 3.63) is 95.7 Å². The van der Waals surface area contributed by atoms with Crippen molar-refractivity contribution in [2.45, 2.75) is 44.6 Å². The Morgan fingerprint density at radius 3 is 1.88 bits per heavy atom. The molecule has 1 saturated heterocycles. The number of fused-ring (bicyclic) bond motifs is 5. The number of allylic oxidation sites excluding steroid dienone is 4. The number of hydrogen-bond donors (Lipinski definition) is 0. The zero-order valence-corrected chi connectivity index (χ0v) is 19.6. The Balaban J connectivity index is 1.16. The van der Waals surface area contributed by atoms with Crippen molar-refractivity contribution in [1.82, 2.24) is 4.90 Å². The van der Waals surface area contributed by atoms with E-state index in [1.807, 2.05) is 36.4 Å². The molecule has 2 bridgehead atoms. The summed E-state index contributed by atoms with van der Waals surface area (Å²) in [5.41, 5.74) is 3.30. The maximum absolute atomic E-state index is 13.6. The van der Waals surface area contributed by atoms with Crippen LogP contribution < -0.4 is 0 Å². The molecular weight excluding hydrogens is 422 g/mol. The highest BCUT2D eigenvalue weighted by Gasteiger charge is 2.53. The van der Waals surface area contributed by atoms with E-state index in [1.165, 1.54) is 11.1 Å². The second kappa shape index (κ2) is 9.52. The Morgan fingerprint density at radius 1 is 0.765 bits per heavy atom. The quantitative estimate of drug-likeness (QED) is 0.490. The zero-order valence-electron chi connectivity index (χ0n) is 19.6. The number of benzene rings is 2. The molecule has 6 atom stereocenters. The molecule has 6 rings (SSSR count). The van der Waals surface area contributed by atoms with Crippen LogP contribution in [0.5, 0.6) is 0 Å². The maximum atomic E-state index is 13.6. The fourth-order valence-electron chi connectivity index (χ4n) is 6.56. The van der Waals surface area contributed by atoms with E-state index in [2.05, 4.69) is 47.4 Å². The third-order valence-corrected chi connectivity index (χ3v) is 8.17. The second-order valence-electron chi connectivity index (χ2n) is 10.3. The molecule has 2 aromatic carbocycles. The standard InChI is InChI=1S/C30H33NO3/c32-30-28(16-27-23-11-12-24(15-23)29(27)30)31-25(19-33-17-21-7-3-1-4-8-21)13-14-26(31)20-34-18-22-9-5-2-6-10-22/h1-12,16,23-27,29H,13-15,17-20H2/t23-,24+,25+,26+,27?,29?/m0/s1. The minimum atomic E-state index is 0.155. The van der Waals surface area contributed by atoms with Crippen molar-refractivity contribution in [2.75, 3.05) is 13.2 Å². The van der Waals surface area contributed by atoms with E-state index in [1.54, 1.807) is 0 Å². The first kappa shape index (κ1) is 21.8. The Hall–Kier alpha value is -2.69. The molecule has 4 heteroatoms. The predicted octanol–water partition coefficient (Wildman–Crippen LogP) is 5.16. The van der Waals surface area contributed by atoms with Gasteiger partial charge in [-0.3, -0.25) is 4.79 Å². The van der Waals surface area contributed by atoms with Gasteiger partial charge in [0.2, 0.25) is 0 Å². The van der Waals surface area contributed by atoms with Crippen LogP contribution in [0.3, 0.4) is 0 Å². The van der Waals surface area contributed by atoms with Gasteiger partial charge >= 0.3 is 0 Å². The van der Waals surface area contributed by atoms with Gasteiger partial charge in [-0.25, -0.2) is 0 Å². The van der Waals surface area contributed by atoms with Crippen LogP contribution in [0.1, 0.15) is 30.4 Å². The Bertz CT molecular complexity index is 1010. The van der Waals surface area contributed by atoms with Crippen LogP contribution in [0.4, 0.5) is 0 Å². The molecule has 1 saturated carbocycles. The van der Waals surface area contributed by atoms with Gasteiger partial charge in [0, 0.05) is 5.92 Å². The van der Waals surface area contributed by atoms with Gasteiger partial charge in [0.15, 0.2) is 5.78 Å². The summed E-state index contributed by atoms with van der Waals surface area (Å²) in [4.78, 5) is 16.0. The van der Waals surface area contributed by atoms with E-state index in [-0.39, 0.29) is 18.0 Å². The molecule has 2 unspecified atom stereocenters. The van der Waals surface area contributed by atoms with Crippen LogP contribution in [0, 0.1) is 23.7 Å². The first-order chi connectivity index (χ1) is 16.8. The summed E-state index contributed by atoms with van der Waals surface area (Å²) in [6, 6.07) is 21.1. The highest BCUT2D eigenvalue weighted by molar-refractivity contribution is 6.00. The van der Waals surface area contributed by atoms with E-state index in [4.69, 9.17) is 9.47 Å². The van der Waals surface area contributed by atoms with Gasteiger partial charge in [0.05, 0.1) is 44.2 Å². The van der Waals surface area contributed by atoms with Crippen LogP contribution in [0.15, 0.2) is 84.6 Å². The summed E-state index contributed by atoms with van der Waals surface area (Å²) >= 11 is 0.